The third kappa shape index (κ3) is 7.10. The van der Waals surface area contributed by atoms with Crippen LogP contribution in [-0.2, 0) is 16.6 Å². The van der Waals surface area contributed by atoms with Crippen molar-refractivity contribution in [3.8, 4) is 0 Å². The van der Waals surface area contributed by atoms with Gasteiger partial charge in [0.25, 0.3) is 0 Å². The molecule has 0 saturated carbocycles. The summed E-state index contributed by atoms with van der Waals surface area (Å²) in [7, 11) is 1.66. The SMILES string of the molecule is Cc1cc(C)n2c1C=C1C=CC(CCC(=O)NCCNC(=O)CCNc3nc4c(s3)C=Cc3cc(Cl)ccc3C4c3cn(C)c(=O)[nH]c3=S)=[N+]1[B-]2(F)F. The number of hydrogen-bond acceptors (Lipinski definition) is 7. The number of allylic oxidation sites excluding steroid dienone is 2. The van der Waals surface area contributed by atoms with E-state index in [1.54, 1.807) is 44.5 Å². The number of H-pyrrole nitrogens is 1. The number of hydrogen-bond donors (Lipinski definition) is 4. The predicted octanol–water partition coefficient (Wildman–Crippen LogP) is 5.75. The smallest absolute Gasteiger partial charge is 0.394 e. The Morgan fingerprint density at radius 2 is 1.81 bits per heavy atom. The number of halogens is 3. The van der Waals surface area contributed by atoms with E-state index in [-0.39, 0.29) is 55.8 Å². The average Bonchev–Trinajstić information content (AvgIpc) is 3.77. The first kappa shape index (κ1) is 36.4. The van der Waals surface area contributed by atoms with E-state index in [9.17, 15) is 14.4 Å². The van der Waals surface area contributed by atoms with Crippen molar-refractivity contribution in [1.29, 1.82) is 0 Å². The average molecular weight is 777 g/mol. The Kier molecular flexibility index (Phi) is 9.95. The second kappa shape index (κ2) is 14.5. The number of nitrogens with one attached hydrogen (secondary N) is 4. The lowest BCUT2D eigenvalue weighted by atomic mass is 9.88. The molecule has 7 rings (SSSR count). The molecule has 2 aliphatic heterocycles. The molecule has 1 aliphatic carbocycles. The fourth-order valence-electron chi connectivity index (χ4n) is 7.12. The van der Waals surface area contributed by atoms with Crippen LogP contribution in [0.4, 0.5) is 13.8 Å². The molecule has 3 aromatic heterocycles. The lowest BCUT2D eigenvalue weighted by Gasteiger charge is -2.30. The van der Waals surface area contributed by atoms with Crippen LogP contribution in [0.2, 0.25) is 5.02 Å². The van der Waals surface area contributed by atoms with Crippen LogP contribution < -0.4 is 21.6 Å². The van der Waals surface area contributed by atoms with Crippen molar-refractivity contribution in [2.24, 2.45) is 7.05 Å². The summed E-state index contributed by atoms with van der Waals surface area (Å²) in [5.74, 6) is -0.870. The first-order valence-corrected chi connectivity index (χ1v) is 18.7. The number of thiazole rings is 1. The fraction of sp³-hybridized carbons (Fsp3) is 0.278. The van der Waals surface area contributed by atoms with Gasteiger partial charge in [0.1, 0.15) is 10.4 Å². The number of nitrogens with zero attached hydrogens (tertiary/aromatic N) is 4. The number of anilines is 1. The van der Waals surface area contributed by atoms with Gasteiger partial charge in [0.05, 0.1) is 16.5 Å². The number of fused-ring (bicyclic) bond motifs is 4. The van der Waals surface area contributed by atoms with Crippen molar-refractivity contribution < 1.29 is 22.7 Å². The van der Waals surface area contributed by atoms with Crippen molar-refractivity contribution in [3.63, 3.8) is 0 Å². The summed E-state index contributed by atoms with van der Waals surface area (Å²) in [6.07, 6.45) is 11.1. The number of amides is 2. The van der Waals surface area contributed by atoms with Gasteiger partial charge in [0.2, 0.25) is 11.8 Å². The monoisotopic (exact) mass is 776 g/mol. The fourth-order valence-corrected chi connectivity index (χ4v) is 8.49. The van der Waals surface area contributed by atoms with Crippen LogP contribution >= 0.6 is 35.2 Å². The summed E-state index contributed by atoms with van der Waals surface area (Å²) in [6.45, 7) is 0.155. The Morgan fingerprint density at radius 1 is 1.06 bits per heavy atom. The number of aryl methyl sites for hydroxylation is 3. The molecule has 11 nitrogen and oxygen atoms in total. The minimum absolute atomic E-state index is 0.0333. The highest BCUT2D eigenvalue weighted by Crippen LogP contribution is 2.42. The zero-order valence-corrected chi connectivity index (χ0v) is 31.5. The minimum atomic E-state index is -4.08. The molecule has 1 atom stereocenters. The predicted molar refractivity (Wildman–Crippen MR) is 208 cm³/mol. The second-order valence-corrected chi connectivity index (χ2v) is 15.1. The normalized spacial score (nSPS) is 16.3. The lowest BCUT2D eigenvalue weighted by Crippen LogP contribution is -2.50. The summed E-state index contributed by atoms with van der Waals surface area (Å²) in [5.41, 5.74) is 5.64. The van der Waals surface area contributed by atoms with E-state index in [0.29, 0.717) is 44.1 Å². The molecule has 1 unspecified atom stereocenters. The van der Waals surface area contributed by atoms with Crippen LogP contribution in [0.15, 0.2) is 53.1 Å². The first-order chi connectivity index (χ1) is 25.3. The summed E-state index contributed by atoms with van der Waals surface area (Å²) < 4.78 is 35.2. The molecule has 274 valence electrons. The highest BCUT2D eigenvalue weighted by molar-refractivity contribution is 7.71. The largest absolute Gasteiger partial charge is 0.737 e. The van der Waals surface area contributed by atoms with Crippen molar-refractivity contribution in [2.75, 3.05) is 25.0 Å². The molecule has 53 heavy (non-hydrogen) atoms. The molecular formula is C36H36BClF2N8O3S2. The zero-order chi connectivity index (χ0) is 37.6. The van der Waals surface area contributed by atoms with Crippen molar-refractivity contribution in [2.45, 2.75) is 39.0 Å². The van der Waals surface area contributed by atoms with Crippen LogP contribution in [0.1, 0.15) is 69.4 Å². The number of carbonyl (C=O) groups is 2. The first-order valence-electron chi connectivity index (χ1n) is 17.1. The van der Waals surface area contributed by atoms with E-state index < -0.39 is 6.97 Å². The Hall–Kier alpha value is -4.93. The molecule has 17 heteroatoms. The minimum Gasteiger partial charge on any atom is -0.394 e. The maximum Gasteiger partial charge on any atom is 0.737 e. The van der Waals surface area contributed by atoms with Gasteiger partial charge in [-0.25, -0.2) is 9.78 Å². The van der Waals surface area contributed by atoms with Crippen LogP contribution in [0.5, 0.6) is 0 Å². The third-order valence-electron chi connectivity index (χ3n) is 9.59. The Morgan fingerprint density at radius 3 is 2.58 bits per heavy atom. The summed E-state index contributed by atoms with van der Waals surface area (Å²) in [6, 6.07) is 7.39. The molecule has 3 aliphatic rings. The zero-order valence-electron chi connectivity index (χ0n) is 29.1. The van der Waals surface area contributed by atoms with Gasteiger partial charge in [-0.15, -0.1) is 0 Å². The number of rotatable bonds is 11. The topological polar surface area (TPSA) is 129 Å². The summed E-state index contributed by atoms with van der Waals surface area (Å²) >= 11 is 13.4. The molecule has 4 aromatic rings. The van der Waals surface area contributed by atoms with E-state index in [4.69, 9.17) is 28.8 Å². The third-order valence-corrected chi connectivity index (χ3v) is 11.2. The van der Waals surface area contributed by atoms with Gasteiger partial charge < -0.3 is 38.1 Å². The molecule has 5 heterocycles. The maximum atomic E-state index is 15.6. The van der Waals surface area contributed by atoms with Crippen LogP contribution in [-0.4, -0.2) is 67.6 Å². The number of aromatic nitrogens is 4. The Balaban J connectivity index is 0.905. The highest BCUT2D eigenvalue weighted by atomic mass is 35.5. The number of carbonyl (C=O) groups excluding carboxylic acids is 2. The van der Waals surface area contributed by atoms with Gasteiger partial charge in [-0.05, 0) is 60.5 Å². The lowest BCUT2D eigenvalue weighted by molar-refractivity contribution is -0.362. The molecule has 2 amide bonds. The van der Waals surface area contributed by atoms with Crippen LogP contribution in [0.3, 0.4) is 0 Å². The van der Waals surface area contributed by atoms with Gasteiger partial charge in [-0.2, -0.15) is 0 Å². The molecule has 0 saturated heterocycles. The molecule has 0 fully saturated rings. The molecule has 0 spiro atoms. The second-order valence-electron chi connectivity index (χ2n) is 13.2. The molecule has 1 aromatic carbocycles. The van der Waals surface area contributed by atoms with Crippen molar-refractivity contribution in [1.82, 2.24) is 29.6 Å². The van der Waals surface area contributed by atoms with Crippen molar-refractivity contribution in [3.05, 3.63) is 113 Å². The van der Waals surface area contributed by atoms with Gasteiger partial charge in [0, 0.05) is 86.6 Å². The van der Waals surface area contributed by atoms with E-state index in [0.717, 1.165) is 41.8 Å². The van der Waals surface area contributed by atoms with Gasteiger partial charge >= 0.3 is 12.7 Å². The number of aromatic amines is 1. The van der Waals surface area contributed by atoms with Crippen LogP contribution in [0, 0.1) is 18.5 Å². The molecule has 4 N–H and O–H groups in total. The molecular weight excluding hydrogens is 741 g/mol. The Labute approximate surface area is 317 Å². The number of benzene rings is 1. The van der Waals surface area contributed by atoms with Gasteiger partial charge in [0.15, 0.2) is 10.8 Å². The van der Waals surface area contributed by atoms with Gasteiger partial charge in [-0.1, -0.05) is 47.3 Å². The van der Waals surface area contributed by atoms with E-state index >= 15 is 8.63 Å². The Bertz CT molecular complexity index is 2430. The highest BCUT2D eigenvalue weighted by Gasteiger charge is 2.52. The van der Waals surface area contributed by atoms with Crippen molar-refractivity contribution >= 4 is 83.0 Å². The molecule has 0 radical (unpaired) electrons. The van der Waals surface area contributed by atoms with E-state index in [2.05, 4.69) is 20.9 Å². The summed E-state index contributed by atoms with van der Waals surface area (Å²) in [4.78, 5) is 46.0. The molecule has 0 bridgehead atoms. The van der Waals surface area contributed by atoms with E-state index in [1.807, 2.05) is 37.3 Å². The maximum absolute atomic E-state index is 15.6. The van der Waals surface area contributed by atoms with Gasteiger partial charge in [-0.3, -0.25) is 14.6 Å². The standard InChI is InChI=1S/C36H36BClF2N8O3S2/c1-20-16-21(2)47-28(20)18-25-7-6-24(48(25)37(47,39)40)8-11-30(49)41-14-15-42-31(50)12-13-43-35-44-33-29(53-35)10-4-22-17-23(38)5-9-26(22)32(33)27-19-46(3)36(51)45-34(27)52/h4-7,9-10,16-19,32H,8,11-15H2,1-3H3,(H,41,49)(H,42,50)(H,43,44)(H,45,51,52). The summed E-state index contributed by atoms with van der Waals surface area (Å²) in [5, 5.41) is 10.0. The quantitative estimate of drug-likeness (QED) is 0.0769. The van der Waals surface area contributed by atoms with E-state index in [1.165, 1.54) is 15.9 Å². The van der Waals surface area contributed by atoms with Crippen LogP contribution in [0.25, 0.3) is 18.2 Å².